The Hall–Kier alpha value is -3.35. The Morgan fingerprint density at radius 2 is 1.88 bits per heavy atom. The average Bonchev–Trinajstić information content (AvgIpc) is 3.23. The van der Waals surface area contributed by atoms with Gasteiger partial charge in [-0.15, -0.1) is 0 Å². The first kappa shape index (κ1) is 22.4. The van der Waals surface area contributed by atoms with Gasteiger partial charge in [0.25, 0.3) is 0 Å². The third-order valence-electron chi connectivity index (χ3n) is 7.33. The minimum absolute atomic E-state index is 0.0697. The van der Waals surface area contributed by atoms with Gasteiger partial charge in [0.05, 0.1) is 24.3 Å². The van der Waals surface area contributed by atoms with Crippen molar-refractivity contribution < 1.29 is 22.7 Å². The number of piperidine rings is 1. The lowest BCUT2D eigenvalue weighted by molar-refractivity contribution is -0.141. The summed E-state index contributed by atoms with van der Waals surface area (Å²) < 4.78 is 47.7. The number of halogens is 3. The Morgan fingerprint density at radius 3 is 2.38 bits per heavy atom. The molecule has 3 heterocycles. The molecule has 2 aliphatic heterocycles. The number of aromatic nitrogens is 2. The van der Waals surface area contributed by atoms with Crippen molar-refractivity contribution in [2.75, 3.05) is 36.5 Å². The van der Waals surface area contributed by atoms with Gasteiger partial charge in [-0.05, 0) is 48.8 Å². The van der Waals surface area contributed by atoms with E-state index in [9.17, 15) is 18.0 Å². The minimum Gasteiger partial charge on any atom is -0.469 e. The highest BCUT2D eigenvalue weighted by molar-refractivity contribution is 5.80. The molecule has 1 saturated carbocycles. The molecule has 3 aliphatic rings. The second kappa shape index (κ2) is 8.15. The molecule has 1 aliphatic carbocycles. The summed E-state index contributed by atoms with van der Waals surface area (Å²) >= 11 is 0. The number of nitriles is 1. The van der Waals surface area contributed by atoms with Crippen LogP contribution in [0.3, 0.4) is 0 Å². The number of hydrogen-bond acceptors (Lipinski definition) is 7. The van der Waals surface area contributed by atoms with Crippen molar-refractivity contribution in [3.8, 4) is 17.2 Å². The van der Waals surface area contributed by atoms with Gasteiger partial charge in [0.1, 0.15) is 5.82 Å². The van der Waals surface area contributed by atoms with Crippen molar-refractivity contribution >= 4 is 17.7 Å². The number of alkyl halides is 3. The van der Waals surface area contributed by atoms with E-state index in [0.29, 0.717) is 37.2 Å². The van der Waals surface area contributed by atoms with E-state index < -0.39 is 11.9 Å². The first-order valence-electron chi connectivity index (χ1n) is 11.3. The van der Waals surface area contributed by atoms with Crippen molar-refractivity contribution in [2.45, 2.75) is 32.0 Å². The quantitative estimate of drug-likeness (QED) is 0.612. The molecular weight excluding hydrogens is 447 g/mol. The normalized spacial score (nSPS) is 25.4. The summed E-state index contributed by atoms with van der Waals surface area (Å²) in [5.74, 6) is 0.725. The van der Waals surface area contributed by atoms with E-state index in [1.807, 2.05) is 17.9 Å². The summed E-state index contributed by atoms with van der Waals surface area (Å²) in [5, 5.41) is 9.10. The van der Waals surface area contributed by atoms with E-state index in [2.05, 4.69) is 9.97 Å². The average molecular weight is 471 g/mol. The zero-order valence-corrected chi connectivity index (χ0v) is 18.8. The summed E-state index contributed by atoms with van der Waals surface area (Å²) in [6.45, 7) is 3.61. The van der Waals surface area contributed by atoms with Crippen LogP contribution in [0.25, 0.3) is 11.1 Å². The van der Waals surface area contributed by atoms with Crippen LogP contribution in [0.15, 0.2) is 24.3 Å². The number of rotatable bonds is 5. The van der Waals surface area contributed by atoms with E-state index in [1.54, 1.807) is 4.90 Å². The van der Waals surface area contributed by atoms with Crippen LogP contribution in [0.5, 0.6) is 0 Å². The Kier molecular flexibility index (Phi) is 5.38. The third-order valence-corrected chi connectivity index (χ3v) is 7.33. The Morgan fingerprint density at radius 1 is 1.21 bits per heavy atom. The van der Waals surface area contributed by atoms with Crippen molar-refractivity contribution in [1.29, 1.82) is 5.26 Å². The zero-order chi connectivity index (χ0) is 24.2. The van der Waals surface area contributed by atoms with Crippen LogP contribution in [0, 0.1) is 29.1 Å². The maximum atomic E-state index is 14.3. The number of anilines is 2. The van der Waals surface area contributed by atoms with E-state index in [1.165, 1.54) is 31.4 Å². The fourth-order valence-corrected chi connectivity index (χ4v) is 5.19. The predicted octanol–water partition coefficient (Wildman–Crippen LogP) is 3.88. The predicted molar refractivity (Wildman–Crippen MR) is 118 cm³/mol. The standard InChI is InChI=1S/C24H24F3N5O2/c1-13-7-8-32(13)23-29-21(24(25,26)27)20(15-5-3-14(10-28)4-6-15)22(30-23)31-11-17-16(18(17)12-31)9-19(33)34-2/h3-6,13,16-18H,7-9,11-12H2,1-2H3/t13-,16-,17-,18+/m0/s1. The molecule has 178 valence electrons. The van der Waals surface area contributed by atoms with Gasteiger partial charge in [-0.2, -0.15) is 23.4 Å². The lowest BCUT2D eigenvalue weighted by atomic mass is 10.0. The Balaban J connectivity index is 1.57. The Bertz CT molecular complexity index is 1150. The highest BCUT2D eigenvalue weighted by Crippen LogP contribution is 2.55. The number of methoxy groups -OCH3 is 1. The van der Waals surface area contributed by atoms with Crippen LogP contribution in [-0.2, 0) is 15.7 Å². The van der Waals surface area contributed by atoms with Crippen LogP contribution < -0.4 is 9.80 Å². The van der Waals surface area contributed by atoms with Crippen molar-refractivity contribution in [1.82, 2.24) is 9.97 Å². The maximum Gasteiger partial charge on any atom is 0.434 e. The van der Waals surface area contributed by atoms with Gasteiger partial charge in [0.15, 0.2) is 5.69 Å². The van der Waals surface area contributed by atoms with Crippen LogP contribution in [0.1, 0.15) is 31.0 Å². The van der Waals surface area contributed by atoms with Crippen molar-refractivity contribution in [3.05, 3.63) is 35.5 Å². The summed E-state index contributed by atoms with van der Waals surface area (Å²) in [7, 11) is 1.36. The number of carbonyl (C=O) groups is 1. The fourth-order valence-electron chi connectivity index (χ4n) is 5.19. The summed E-state index contributed by atoms with van der Waals surface area (Å²) in [6.07, 6.45) is -3.48. The molecule has 0 radical (unpaired) electrons. The third kappa shape index (κ3) is 3.83. The van der Waals surface area contributed by atoms with Crippen molar-refractivity contribution in [2.24, 2.45) is 17.8 Å². The lowest BCUT2D eigenvalue weighted by Crippen LogP contribution is -2.47. The molecule has 34 heavy (non-hydrogen) atoms. The lowest BCUT2D eigenvalue weighted by Gasteiger charge is -2.39. The number of benzene rings is 1. The van der Waals surface area contributed by atoms with E-state index >= 15 is 0 Å². The molecular formula is C24H24F3N5O2. The molecule has 0 bridgehead atoms. The van der Waals surface area contributed by atoms with Gasteiger partial charge >= 0.3 is 12.1 Å². The van der Waals surface area contributed by atoms with E-state index in [0.717, 1.165) is 6.42 Å². The smallest absolute Gasteiger partial charge is 0.434 e. The van der Waals surface area contributed by atoms with Crippen molar-refractivity contribution in [3.63, 3.8) is 0 Å². The molecule has 0 unspecified atom stereocenters. The van der Waals surface area contributed by atoms with Gasteiger partial charge in [-0.25, -0.2) is 4.98 Å². The number of fused-ring (bicyclic) bond motifs is 1. The topological polar surface area (TPSA) is 82.3 Å². The second-order valence-corrected chi connectivity index (χ2v) is 9.27. The molecule has 0 amide bonds. The number of nitrogens with zero attached hydrogens (tertiary/aromatic N) is 5. The van der Waals surface area contributed by atoms with Crippen LogP contribution in [-0.4, -0.2) is 48.7 Å². The largest absolute Gasteiger partial charge is 0.469 e. The molecule has 1 aromatic heterocycles. The number of hydrogen-bond donors (Lipinski definition) is 0. The van der Waals surface area contributed by atoms with Gasteiger partial charge < -0.3 is 14.5 Å². The molecule has 2 saturated heterocycles. The highest BCUT2D eigenvalue weighted by atomic mass is 19.4. The molecule has 10 heteroatoms. The zero-order valence-electron chi connectivity index (χ0n) is 18.8. The number of esters is 1. The molecule has 0 spiro atoms. The van der Waals surface area contributed by atoms with Crippen LogP contribution >= 0.6 is 0 Å². The monoisotopic (exact) mass is 471 g/mol. The fraction of sp³-hybridized carbons (Fsp3) is 0.500. The SMILES string of the molecule is COC(=O)C[C@@H]1[C@H]2CN(c3nc(N4CC[C@@H]4C)nc(C(F)(F)F)c3-c3ccc(C#N)cc3)C[C@@H]12. The van der Waals surface area contributed by atoms with E-state index in [4.69, 9.17) is 10.00 Å². The second-order valence-electron chi connectivity index (χ2n) is 9.27. The number of carbonyl (C=O) groups excluding carboxylic acids is 1. The maximum absolute atomic E-state index is 14.3. The minimum atomic E-state index is -4.68. The van der Waals surface area contributed by atoms with Gasteiger partial charge in [0.2, 0.25) is 5.95 Å². The van der Waals surface area contributed by atoms with E-state index in [-0.39, 0.29) is 47.1 Å². The molecule has 1 aromatic carbocycles. The molecule has 4 atom stereocenters. The van der Waals surface area contributed by atoms with Gasteiger partial charge in [0, 0.05) is 32.1 Å². The molecule has 3 fully saturated rings. The molecule has 2 aromatic rings. The summed E-state index contributed by atoms with van der Waals surface area (Å²) in [4.78, 5) is 24.0. The van der Waals surface area contributed by atoms with Gasteiger partial charge in [-0.3, -0.25) is 4.79 Å². The molecule has 7 nitrogen and oxygen atoms in total. The molecule has 0 N–H and O–H groups in total. The highest BCUT2D eigenvalue weighted by Gasteiger charge is 2.57. The summed E-state index contributed by atoms with van der Waals surface area (Å²) in [5.41, 5.74) is -0.363. The number of ether oxygens (including phenoxy) is 1. The first-order valence-corrected chi connectivity index (χ1v) is 11.3. The Labute approximate surface area is 195 Å². The molecule has 5 rings (SSSR count). The van der Waals surface area contributed by atoms with Gasteiger partial charge in [-0.1, -0.05) is 12.1 Å². The van der Waals surface area contributed by atoms with Crippen LogP contribution in [0.2, 0.25) is 0 Å². The summed E-state index contributed by atoms with van der Waals surface area (Å²) in [6, 6.07) is 8.09. The first-order chi connectivity index (χ1) is 16.2. The van der Waals surface area contributed by atoms with Crippen LogP contribution in [0.4, 0.5) is 24.9 Å².